The van der Waals surface area contributed by atoms with Crippen molar-refractivity contribution in [1.82, 2.24) is 0 Å². The highest BCUT2D eigenvalue weighted by Crippen LogP contribution is 2.59. The highest BCUT2D eigenvalue weighted by molar-refractivity contribution is 5.74. The molecule has 3 N–H and O–H groups in total. The molecule has 4 nitrogen and oxygen atoms in total. The van der Waals surface area contributed by atoms with Gasteiger partial charge in [-0.3, -0.25) is 4.79 Å². The van der Waals surface area contributed by atoms with E-state index in [1.807, 2.05) is 12.1 Å². The van der Waals surface area contributed by atoms with Gasteiger partial charge in [-0.15, -0.1) is 0 Å². The van der Waals surface area contributed by atoms with E-state index in [9.17, 15) is 20.1 Å². The van der Waals surface area contributed by atoms with Gasteiger partial charge in [0.2, 0.25) is 0 Å². The molecular weight excluding hydrogens is 653 g/mol. The average Bonchev–Trinajstić information content (AvgIpc) is 3.63. The molecule has 8 atom stereocenters. The number of aliphatic carboxylic acids is 1. The zero-order valence-corrected chi connectivity index (χ0v) is 31.3. The minimum Gasteiger partial charge on any atom is -0.508 e. The number of fused-ring (bicyclic) bond motifs is 3. The van der Waals surface area contributed by atoms with E-state index in [2.05, 4.69) is 85.0 Å². The standard InChI is InChI=1S/C49H58O4/c50-32-35-16-15-33(25-35)9-3-1-2-4-10-36-11-7-8-14-46(48(52)53)49-31-42-29-40-13-6-5-12-39(40)28-41(42)30-43(49)22-19-38-18-17-34(27-47(38)49)26-45(36)37-20-23-44(51)24-21-37/h5-8,12-13,17-18,20-21,23-25,27-29,33,36,41-43,45-46,50-51H,1-4,9-11,14-16,19,22,26,30-32H2,(H,52,53). The summed E-state index contributed by atoms with van der Waals surface area (Å²) in [6.45, 7) is 0.215. The lowest BCUT2D eigenvalue weighted by Crippen LogP contribution is -2.54. The number of rotatable bonds is 10. The lowest BCUT2D eigenvalue weighted by Gasteiger charge is -2.55. The summed E-state index contributed by atoms with van der Waals surface area (Å²) >= 11 is 0. The summed E-state index contributed by atoms with van der Waals surface area (Å²) in [4.78, 5) is 13.6. The first-order valence-corrected chi connectivity index (χ1v) is 20.8. The van der Waals surface area contributed by atoms with Gasteiger partial charge in [0.15, 0.2) is 0 Å². The van der Waals surface area contributed by atoms with Crippen LogP contribution in [0.4, 0.5) is 0 Å². The molecule has 0 aromatic heterocycles. The van der Waals surface area contributed by atoms with E-state index < -0.39 is 17.3 Å². The maximum absolute atomic E-state index is 13.6. The summed E-state index contributed by atoms with van der Waals surface area (Å²) in [5, 5.41) is 33.5. The first-order chi connectivity index (χ1) is 25.9. The normalized spacial score (nSPS) is 30.3. The molecule has 0 saturated heterocycles. The number of aryl methyl sites for hydroxylation is 1. The summed E-state index contributed by atoms with van der Waals surface area (Å²) in [6.07, 6.45) is 27.7. The molecule has 3 aromatic carbocycles. The Hall–Kier alpha value is -3.89. The van der Waals surface area contributed by atoms with Gasteiger partial charge in [0.25, 0.3) is 0 Å². The summed E-state index contributed by atoms with van der Waals surface area (Å²) in [6, 6.07) is 23.8. The molecule has 2 bridgehead atoms. The molecule has 1 fully saturated rings. The lowest BCUT2D eigenvalue weighted by atomic mass is 9.47. The van der Waals surface area contributed by atoms with Gasteiger partial charge >= 0.3 is 5.97 Å². The predicted molar refractivity (Wildman–Crippen MR) is 214 cm³/mol. The van der Waals surface area contributed by atoms with Crippen LogP contribution in [0.3, 0.4) is 0 Å². The number of aliphatic hydroxyl groups is 1. The Labute approximate surface area is 316 Å². The lowest BCUT2D eigenvalue weighted by molar-refractivity contribution is -0.147. The number of benzene rings is 3. The van der Waals surface area contributed by atoms with Crippen LogP contribution in [-0.2, 0) is 23.1 Å². The molecule has 1 spiro atoms. The van der Waals surface area contributed by atoms with E-state index in [4.69, 9.17) is 0 Å². The maximum atomic E-state index is 13.6. The van der Waals surface area contributed by atoms with Crippen molar-refractivity contribution in [2.45, 2.75) is 108 Å². The Kier molecular flexibility index (Phi) is 10.8. The number of phenolic OH excluding ortho intramolecular Hbond substituents is 1. The van der Waals surface area contributed by atoms with E-state index in [0.717, 1.165) is 51.4 Å². The predicted octanol–water partition coefficient (Wildman–Crippen LogP) is 9.16. The van der Waals surface area contributed by atoms with Crippen molar-refractivity contribution in [3.8, 4) is 5.75 Å². The smallest absolute Gasteiger partial charge is 0.307 e. The fourth-order valence-electron chi connectivity index (χ4n) is 11.6. The zero-order valence-electron chi connectivity index (χ0n) is 31.3. The van der Waals surface area contributed by atoms with Crippen molar-refractivity contribution in [1.29, 1.82) is 0 Å². The first-order valence-electron chi connectivity index (χ1n) is 20.8. The zero-order chi connectivity index (χ0) is 36.4. The van der Waals surface area contributed by atoms with E-state index in [-0.39, 0.29) is 6.61 Å². The molecule has 1 saturated carbocycles. The second kappa shape index (κ2) is 15.8. The molecule has 3 aromatic rings. The third-order valence-electron chi connectivity index (χ3n) is 14.3. The summed E-state index contributed by atoms with van der Waals surface area (Å²) < 4.78 is 0. The number of phenols is 1. The van der Waals surface area contributed by atoms with Gasteiger partial charge in [-0.05, 0) is 157 Å². The number of allylic oxidation sites excluding steroid dienone is 3. The summed E-state index contributed by atoms with van der Waals surface area (Å²) in [5.41, 5.74) is 6.09. The SMILES string of the molecule is O=C(O)C1CC=CCC(CCCCCCC2C=C(CO)CC2)C(c2ccc(O)cc2)Cc2ccc3c(c2)C12CC1C=c4ccccc4=CC1CC2CC3. The van der Waals surface area contributed by atoms with Crippen LogP contribution in [0.25, 0.3) is 12.2 Å². The van der Waals surface area contributed by atoms with Gasteiger partial charge in [0, 0.05) is 5.41 Å². The minimum atomic E-state index is -0.646. The van der Waals surface area contributed by atoms with Gasteiger partial charge in [0.05, 0.1) is 12.5 Å². The van der Waals surface area contributed by atoms with Gasteiger partial charge in [-0.25, -0.2) is 0 Å². The molecule has 0 aliphatic heterocycles. The first kappa shape index (κ1) is 36.1. The highest BCUT2D eigenvalue weighted by atomic mass is 16.4. The third kappa shape index (κ3) is 7.46. The molecule has 5 aliphatic rings. The Bertz CT molecular complexity index is 1950. The number of hydrogen-bond donors (Lipinski definition) is 3. The fraction of sp³-hybridized carbons (Fsp3) is 0.490. The molecular formula is C49H58O4. The van der Waals surface area contributed by atoms with Gasteiger partial charge in [-0.2, -0.15) is 0 Å². The van der Waals surface area contributed by atoms with Gasteiger partial charge in [-0.1, -0.05) is 111 Å². The number of unbranched alkanes of at least 4 members (excludes halogenated alkanes) is 3. The second-order valence-corrected chi connectivity index (χ2v) is 17.3. The van der Waals surface area contributed by atoms with E-state index >= 15 is 0 Å². The Balaban J connectivity index is 1.09. The monoisotopic (exact) mass is 710 g/mol. The van der Waals surface area contributed by atoms with Crippen molar-refractivity contribution in [3.05, 3.63) is 123 Å². The van der Waals surface area contributed by atoms with Crippen LogP contribution >= 0.6 is 0 Å². The fourth-order valence-corrected chi connectivity index (χ4v) is 11.6. The van der Waals surface area contributed by atoms with Crippen LogP contribution in [0.2, 0.25) is 0 Å². The van der Waals surface area contributed by atoms with Crippen LogP contribution in [0.5, 0.6) is 5.75 Å². The molecule has 5 aliphatic carbocycles. The number of carboxylic acids is 1. The van der Waals surface area contributed by atoms with Crippen molar-refractivity contribution in [2.75, 3.05) is 6.61 Å². The average molecular weight is 711 g/mol. The number of carboxylic acid groups (broad SMARTS) is 1. The third-order valence-corrected chi connectivity index (χ3v) is 14.3. The van der Waals surface area contributed by atoms with Crippen molar-refractivity contribution >= 4 is 18.1 Å². The van der Waals surface area contributed by atoms with Crippen LogP contribution in [0.1, 0.15) is 112 Å². The summed E-state index contributed by atoms with van der Waals surface area (Å²) in [5.74, 6) is 1.68. The second-order valence-electron chi connectivity index (χ2n) is 17.3. The molecule has 53 heavy (non-hydrogen) atoms. The van der Waals surface area contributed by atoms with Crippen LogP contribution in [0.15, 0.2) is 90.5 Å². The molecule has 0 radical (unpaired) electrons. The topological polar surface area (TPSA) is 77.8 Å². The van der Waals surface area contributed by atoms with E-state index in [1.165, 1.54) is 76.8 Å². The van der Waals surface area contributed by atoms with Crippen molar-refractivity contribution < 1.29 is 20.1 Å². The van der Waals surface area contributed by atoms with Gasteiger partial charge < -0.3 is 15.3 Å². The maximum Gasteiger partial charge on any atom is 0.307 e. The molecule has 8 rings (SSSR count). The van der Waals surface area contributed by atoms with E-state index in [1.54, 1.807) is 0 Å². The molecule has 8 unspecified atom stereocenters. The Morgan fingerprint density at radius 2 is 1.55 bits per heavy atom. The number of aliphatic hydroxyl groups excluding tert-OH is 1. The Morgan fingerprint density at radius 1 is 0.792 bits per heavy atom. The molecule has 0 amide bonds. The Morgan fingerprint density at radius 3 is 2.30 bits per heavy atom. The summed E-state index contributed by atoms with van der Waals surface area (Å²) in [7, 11) is 0. The highest BCUT2D eigenvalue weighted by Gasteiger charge is 2.56. The van der Waals surface area contributed by atoms with Crippen LogP contribution in [0, 0.1) is 35.5 Å². The van der Waals surface area contributed by atoms with Crippen molar-refractivity contribution in [2.24, 2.45) is 35.5 Å². The van der Waals surface area contributed by atoms with Crippen LogP contribution < -0.4 is 10.4 Å². The van der Waals surface area contributed by atoms with Crippen molar-refractivity contribution in [3.63, 3.8) is 0 Å². The van der Waals surface area contributed by atoms with Crippen LogP contribution in [-0.4, -0.2) is 27.9 Å². The number of carbonyl (C=O) groups is 1. The quantitative estimate of drug-likeness (QED) is 0.145. The number of aromatic hydroxyl groups is 1. The molecule has 4 heteroatoms. The molecule has 0 heterocycles. The largest absolute Gasteiger partial charge is 0.508 e. The minimum absolute atomic E-state index is 0.215. The number of hydrogen-bond acceptors (Lipinski definition) is 3. The molecule has 278 valence electrons. The van der Waals surface area contributed by atoms with E-state index in [0.29, 0.717) is 47.7 Å². The van der Waals surface area contributed by atoms with Gasteiger partial charge in [0.1, 0.15) is 5.75 Å².